The fraction of sp³-hybridized carbons (Fsp3) is 0.0909. The first-order valence-electron chi connectivity index (χ1n) is 4.42. The van der Waals surface area contributed by atoms with Crippen LogP contribution in [0.1, 0.15) is 5.69 Å². The Bertz CT molecular complexity index is 438. The van der Waals surface area contributed by atoms with E-state index in [0.717, 1.165) is 17.0 Å². The third-order valence-electron chi connectivity index (χ3n) is 1.97. The van der Waals surface area contributed by atoms with Gasteiger partial charge in [-0.15, -0.1) is 0 Å². The molecule has 0 spiro atoms. The number of aryl methyl sites for hydroxylation is 1. The van der Waals surface area contributed by atoms with E-state index in [9.17, 15) is 0 Å². The van der Waals surface area contributed by atoms with Crippen LogP contribution in [0.3, 0.4) is 0 Å². The number of aromatic nitrogens is 2. The molecule has 0 atom stereocenters. The number of nitrogen functional groups attached to an aromatic ring is 1. The van der Waals surface area contributed by atoms with Gasteiger partial charge in [0.15, 0.2) is 0 Å². The van der Waals surface area contributed by atoms with Gasteiger partial charge in [0.2, 0.25) is 0 Å². The summed E-state index contributed by atoms with van der Waals surface area (Å²) in [5.74, 6) is 0.474. The molecule has 70 valence electrons. The maximum atomic E-state index is 5.75. The summed E-state index contributed by atoms with van der Waals surface area (Å²) in [7, 11) is 0. The minimum absolute atomic E-state index is 0.474. The number of nitrogens with zero attached hydrogens (tertiary/aromatic N) is 2. The molecule has 1 aromatic heterocycles. The lowest BCUT2D eigenvalue weighted by atomic mass is 10.1. The Kier molecular flexibility index (Phi) is 2.14. The molecule has 1 heterocycles. The normalized spacial score (nSPS) is 10.1. The fourth-order valence-corrected chi connectivity index (χ4v) is 1.30. The number of hydrogen-bond acceptors (Lipinski definition) is 3. The Hall–Kier alpha value is -1.90. The fourth-order valence-electron chi connectivity index (χ4n) is 1.30. The number of anilines is 1. The zero-order chi connectivity index (χ0) is 9.97. The van der Waals surface area contributed by atoms with Crippen LogP contribution in [-0.4, -0.2) is 9.97 Å². The summed E-state index contributed by atoms with van der Waals surface area (Å²) in [6.07, 6.45) is 1.67. The summed E-state index contributed by atoms with van der Waals surface area (Å²) >= 11 is 0. The second-order valence-electron chi connectivity index (χ2n) is 3.11. The van der Waals surface area contributed by atoms with Gasteiger partial charge < -0.3 is 5.73 Å². The van der Waals surface area contributed by atoms with Crippen molar-refractivity contribution in [2.24, 2.45) is 0 Å². The topological polar surface area (TPSA) is 51.8 Å². The summed E-state index contributed by atoms with van der Waals surface area (Å²) in [6, 6.07) is 9.82. The second kappa shape index (κ2) is 3.46. The van der Waals surface area contributed by atoms with Crippen LogP contribution in [-0.2, 0) is 0 Å². The molecule has 0 aliphatic heterocycles. The Morgan fingerprint density at radius 2 is 1.86 bits per heavy atom. The minimum atomic E-state index is 0.474. The molecule has 0 amide bonds. The lowest BCUT2D eigenvalue weighted by Gasteiger charge is -2.04. The highest BCUT2D eigenvalue weighted by Crippen LogP contribution is 2.20. The summed E-state index contributed by atoms with van der Waals surface area (Å²) < 4.78 is 0. The maximum Gasteiger partial charge on any atom is 0.150 e. The second-order valence-corrected chi connectivity index (χ2v) is 3.11. The van der Waals surface area contributed by atoms with Gasteiger partial charge in [-0.2, -0.15) is 0 Å². The molecule has 0 bridgehead atoms. The van der Waals surface area contributed by atoms with Crippen molar-refractivity contribution in [3.8, 4) is 11.3 Å². The van der Waals surface area contributed by atoms with Crippen molar-refractivity contribution in [3.63, 3.8) is 0 Å². The molecular formula is C11H11N3. The molecule has 2 rings (SSSR count). The standard InChI is InChI=1S/C11H11N3/c1-8-7-13-11(12)10(14-8)9-5-3-2-4-6-9/h2-7H,1H3,(H2,12,13). The van der Waals surface area contributed by atoms with Gasteiger partial charge in [0, 0.05) is 5.56 Å². The van der Waals surface area contributed by atoms with Crippen molar-refractivity contribution in [3.05, 3.63) is 42.2 Å². The van der Waals surface area contributed by atoms with Crippen LogP contribution in [0.4, 0.5) is 5.82 Å². The molecule has 2 N–H and O–H groups in total. The average molecular weight is 185 g/mol. The molecule has 0 aliphatic carbocycles. The van der Waals surface area contributed by atoms with E-state index < -0.39 is 0 Å². The van der Waals surface area contributed by atoms with E-state index in [1.165, 1.54) is 0 Å². The van der Waals surface area contributed by atoms with E-state index in [0.29, 0.717) is 5.82 Å². The largest absolute Gasteiger partial charge is 0.382 e. The van der Waals surface area contributed by atoms with E-state index in [2.05, 4.69) is 9.97 Å². The van der Waals surface area contributed by atoms with Crippen LogP contribution in [0.25, 0.3) is 11.3 Å². The average Bonchev–Trinajstić information content (AvgIpc) is 2.23. The van der Waals surface area contributed by atoms with E-state index in [-0.39, 0.29) is 0 Å². The first kappa shape index (κ1) is 8.69. The number of benzene rings is 1. The number of hydrogen-bond donors (Lipinski definition) is 1. The smallest absolute Gasteiger partial charge is 0.150 e. The van der Waals surface area contributed by atoms with Crippen LogP contribution in [0.2, 0.25) is 0 Å². The highest BCUT2D eigenvalue weighted by atomic mass is 14.9. The Balaban J connectivity index is 2.57. The first-order valence-corrected chi connectivity index (χ1v) is 4.42. The van der Waals surface area contributed by atoms with Crippen LogP contribution < -0.4 is 5.73 Å². The quantitative estimate of drug-likeness (QED) is 0.739. The van der Waals surface area contributed by atoms with Crippen LogP contribution >= 0.6 is 0 Å². The van der Waals surface area contributed by atoms with Gasteiger partial charge >= 0.3 is 0 Å². The van der Waals surface area contributed by atoms with E-state index in [1.807, 2.05) is 37.3 Å². The SMILES string of the molecule is Cc1cnc(N)c(-c2ccccc2)n1. The molecule has 0 aliphatic rings. The predicted molar refractivity (Wildman–Crippen MR) is 56.6 cm³/mol. The highest BCUT2D eigenvalue weighted by Gasteiger charge is 2.04. The Labute approximate surface area is 82.6 Å². The third-order valence-corrected chi connectivity index (χ3v) is 1.97. The number of nitrogens with two attached hydrogens (primary N) is 1. The van der Waals surface area contributed by atoms with Crippen molar-refractivity contribution in [2.75, 3.05) is 5.73 Å². The summed E-state index contributed by atoms with van der Waals surface area (Å²) in [4.78, 5) is 8.43. The summed E-state index contributed by atoms with van der Waals surface area (Å²) in [5, 5.41) is 0. The minimum Gasteiger partial charge on any atom is -0.382 e. The lowest BCUT2D eigenvalue weighted by Crippen LogP contribution is -1.98. The van der Waals surface area contributed by atoms with Crippen molar-refractivity contribution in [1.82, 2.24) is 9.97 Å². The zero-order valence-electron chi connectivity index (χ0n) is 7.94. The van der Waals surface area contributed by atoms with Crippen molar-refractivity contribution in [1.29, 1.82) is 0 Å². The number of rotatable bonds is 1. The van der Waals surface area contributed by atoms with E-state index in [4.69, 9.17) is 5.73 Å². The Morgan fingerprint density at radius 1 is 1.14 bits per heavy atom. The Morgan fingerprint density at radius 3 is 2.57 bits per heavy atom. The first-order chi connectivity index (χ1) is 6.77. The predicted octanol–water partition coefficient (Wildman–Crippen LogP) is 2.03. The van der Waals surface area contributed by atoms with Gasteiger partial charge in [0.05, 0.1) is 11.9 Å². The molecule has 0 saturated carbocycles. The molecule has 3 nitrogen and oxygen atoms in total. The van der Waals surface area contributed by atoms with Gasteiger partial charge in [-0.05, 0) is 6.92 Å². The zero-order valence-corrected chi connectivity index (χ0v) is 7.94. The van der Waals surface area contributed by atoms with Crippen LogP contribution in [0.5, 0.6) is 0 Å². The van der Waals surface area contributed by atoms with Gasteiger partial charge in [-0.25, -0.2) is 9.97 Å². The van der Waals surface area contributed by atoms with Gasteiger partial charge in [0.25, 0.3) is 0 Å². The summed E-state index contributed by atoms with van der Waals surface area (Å²) in [6.45, 7) is 1.90. The molecular weight excluding hydrogens is 174 g/mol. The molecule has 14 heavy (non-hydrogen) atoms. The van der Waals surface area contributed by atoms with Crippen molar-refractivity contribution in [2.45, 2.75) is 6.92 Å². The van der Waals surface area contributed by atoms with Crippen LogP contribution in [0, 0.1) is 6.92 Å². The summed E-state index contributed by atoms with van der Waals surface area (Å²) in [5.41, 5.74) is 8.38. The van der Waals surface area contributed by atoms with Crippen molar-refractivity contribution < 1.29 is 0 Å². The lowest BCUT2D eigenvalue weighted by molar-refractivity contribution is 1.13. The molecule has 1 aromatic carbocycles. The monoisotopic (exact) mass is 185 g/mol. The third kappa shape index (κ3) is 1.57. The maximum absolute atomic E-state index is 5.75. The highest BCUT2D eigenvalue weighted by molar-refractivity contribution is 5.69. The molecule has 0 radical (unpaired) electrons. The van der Waals surface area contributed by atoms with E-state index in [1.54, 1.807) is 6.20 Å². The molecule has 3 heteroatoms. The molecule has 0 unspecified atom stereocenters. The van der Waals surface area contributed by atoms with Gasteiger partial charge in [-0.3, -0.25) is 0 Å². The van der Waals surface area contributed by atoms with Crippen molar-refractivity contribution >= 4 is 5.82 Å². The molecule has 2 aromatic rings. The van der Waals surface area contributed by atoms with Gasteiger partial charge in [-0.1, -0.05) is 30.3 Å². The van der Waals surface area contributed by atoms with E-state index >= 15 is 0 Å². The molecule has 0 saturated heterocycles. The van der Waals surface area contributed by atoms with Crippen LogP contribution in [0.15, 0.2) is 36.5 Å². The van der Waals surface area contributed by atoms with Gasteiger partial charge in [0.1, 0.15) is 11.5 Å². The molecule has 0 fully saturated rings.